The zero-order chi connectivity index (χ0) is 9.26. The molecule has 1 aromatic rings. The van der Waals surface area contributed by atoms with Crippen molar-refractivity contribution in [2.75, 3.05) is 13.1 Å². The molecule has 1 aliphatic rings. The lowest BCUT2D eigenvalue weighted by molar-refractivity contribution is 0.201. The average Bonchev–Trinajstić information content (AvgIpc) is 2.65. The van der Waals surface area contributed by atoms with Crippen LogP contribution in [-0.2, 0) is 7.05 Å². The molecule has 0 aliphatic carbocycles. The number of aliphatic hydroxyl groups excluding tert-OH is 1. The van der Waals surface area contributed by atoms with Crippen LogP contribution in [0.3, 0.4) is 0 Å². The topological polar surface area (TPSA) is 63.0 Å². The summed E-state index contributed by atoms with van der Waals surface area (Å²) >= 11 is 1.57. The molecule has 0 saturated carbocycles. The highest BCUT2D eigenvalue weighted by molar-refractivity contribution is 7.99. The fourth-order valence-corrected chi connectivity index (χ4v) is 2.31. The predicted octanol–water partition coefficient (Wildman–Crippen LogP) is -0.760. The summed E-state index contributed by atoms with van der Waals surface area (Å²) in [5.74, 6) is 0. The van der Waals surface area contributed by atoms with Crippen molar-refractivity contribution in [3.63, 3.8) is 0 Å². The van der Waals surface area contributed by atoms with E-state index < -0.39 is 0 Å². The summed E-state index contributed by atoms with van der Waals surface area (Å²) in [5, 5.41) is 21.4. The smallest absolute Gasteiger partial charge is 0.191 e. The summed E-state index contributed by atoms with van der Waals surface area (Å²) in [7, 11) is 1.90. The van der Waals surface area contributed by atoms with E-state index >= 15 is 0 Å². The molecule has 1 saturated heterocycles. The number of aliphatic hydroxyl groups is 1. The van der Waals surface area contributed by atoms with Gasteiger partial charge in [-0.05, 0) is 0 Å². The maximum atomic E-state index is 9.54. The Morgan fingerprint density at radius 1 is 1.69 bits per heavy atom. The average molecular weight is 200 g/mol. The molecule has 0 radical (unpaired) electrons. The zero-order valence-corrected chi connectivity index (χ0v) is 8.16. The molecule has 1 fully saturated rings. The quantitative estimate of drug-likeness (QED) is 0.657. The van der Waals surface area contributed by atoms with Gasteiger partial charge in [-0.25, -0.2) is 0 Å². The van der Waals surface area contributed by atoms with Gasteiger partial charge in [-0.1, -0.05) is 11.8 Å². The molecule has 13 heavy (non-hydrogen) atoms. The van der Waals surface area contributed by atoms with Gasteiger partial charge in [0.15, 0.2) is 5.16 Å². The highest BCUT2D eigenvalue weighted by Gasteiger charge is 2.27. The van der Waals surface area contributed by atoms with Crippen LogP contribution in [0.1, 0.15) is 0 Å². The highest BCUT2D eigenvalue weighted by Crippen LogP contribution is 2.24. The number of β-amino-alcohol motifs (C(OH)–C–C–N with tert-alkyl or cyclic N) is 1. The molecule has 0 aromatic carbocycles. The first-order valence-corrected chi connectivity index (χ1v) is 5.05. The molecule has 72 valence electrons. The van der Waals surface area contributed by atoms with Gasteiger partial charge in [-0.3, -0.25) is 0 Å². The number of nitrogens with zero attached hydrogens (tertiary/aromatic N) is 3. The summed E-state index contributed by atoms with van der Waals surface area (Å²) in [6.45, 7) is 1.51. The van der Waals surface area contributed by atoms with Crippen LogP contribution in [0.4, 0.5) is 0 Å². The molecule has 6 heteroatoms. The third kappa shape index (κ3) is 1.84. The van der Waals surface area contributed by atoms with Gasteiger partial charge in [0.2, 0.25) is 0 Å². The number of nitrogens with one attached hydrogen (secondary N) is 1. The van der Waals surface area contributed by atoms with Crippen molar-refractivity contribution >= 4 is 11.8 Å². The molecular formula is C7H12N4OS. The van der Waals surface area contributed by atoms with Crippen LogP contribution in [0.15, 0.2) is 11.5 Å². The van der Waals surface area contributed by atoms with Gasteiger partial charge in [0.25, 0.3) is 0 Å². The van der Waals surface area contributed by atoms with Gasteiger partial charge in [-0.2, -0.15) is 0 Å². The molecule has 0 bridgehead atoms. The van der Waals surface area contributed by atoms with Crippen molar-refractivity contribution in [2.45, 2.75) is 16.5 Å². The predicted molar refractivity (Wildman–Crippen MR) is 49.5 cm³/mol. The highest BCUT2D eigenvalue weighted by atomic mass is 32.2. The van der Waals surface area contributed by atoms with Gasteiger partial charge < -0.3 is 15.0 Å². The first-order chi connectivity index (χ1) is 6.27. The second kappa shape index (κ2) is 3.65. The number of hydrogen-bond acceptors (Lipinski definition) is 5. The summed E-state index contributed by atoms with van der Waals surface area (Å²) in [4.78, 5) is 0. The van der Waals surface area contributed by atoms with Crippen LogP contribution in [0.25, 0.3) is 0 Å². The van der Waals surface area contributed by atoms with E-state index in [4.69, 9.17) is 0 Å². The summed E-state index contributed by atoms with van der Waals surface area (Å²) < 4.78 is 1.86. The van der Waals surface area contributed by atoms with Crippen molar-refractivity contribution in [2.24, 2.45) is 7.05 Å². The number of rotatable bonds is 2. The number of aryl methyl sites for hydroxylation is 1. The SMILES string of the molecule is Cn1cnnc1SC1CNCC1O. The van der Waals surface area contributed by atoms with E-state index in [1.165, 1.54) is 0 Å². The van der Waals surface area contributed by atoms with Gasteiger partial charge in [0, 0.05) is 20.1 Å². The molecule has 2 heterocycles. The third-order valence-electron chi connectivity index (χ3n) is 2.05. The summed E-state index contributed by atoms with van der Waals surface area (Å²) in [5.41, 5.74) is 0. The Kier molecular flexibility index (Phi) is 2.52. The molecule has 0 spiro atoms. The molecule has 5 nitrogen and oxygen atoms in total. The van der Waals surface area contributed by atoms with Crippen LogP contribution < -0.4 is 5.32 Å². The van der Waals surface area contributed by atoms with Gasteiger partial charge >= 0.3 is 0 Å². The maximum Gasteiger partial charge on any atom is 0.191 e. The standard InChI is InChI=1S/C7H12N4OS/c1-11-4-9-10-7(11)13-6-3-8-2-5(6)12/h4-6,8,12H,2-3H2,1H3. The van der Waals surface area contributed by atoms with E-state index in [1.54, 1.807) is 18.1 Å². The number of aromatic nitrogens is 3. The minimum absolute atomic E-state index is 0.197. The zero-order valence-electron chi connectivity index (χ0n) is 7.34. The Bertz CT molecular complexity index is 290. The van der Waals surface area contributed by atoms with Crippen LogP contribution in [0, 0.1) is 0 Å². The first-order valence-electron chi connectivity index (χ1n) is 4.17. The second-order valence-electron chi connectivity index (χ2n) is 3.11. The largest absolute Gasteiger partial charge is 0.391 e. The summed E-state index contributed by atoms with van der Waals surface area (Å²) in [6.07, 6.45) is 1.39. The Morgan fingerprint density at radius 3 is 3.08 bits per heavy atom. The van der Waals surface area contributed by atoms with Crippen molar-refractivity contribution in [3.8, 4) is 0 Å². The molecule has 0 amide bonds. The Balaban J connectivity index is 2.01. The molecule has 1 aliphatic heterocycles. The molecule has 2 unspecified atom stereocenters. The monoisotopic (exact) mass is 200 g/mol. The molecule has 2 rings (SSSR count). The normalized spacial score (nSPS) is 28.2. The minimum atomic E-state index is -0.276. The molecule has 1 aromatic heterocycles. The molecular weight excluding hydrogens is 188 g/mol. The van der Waals surface area contributed by atoms with E-state index in [0.29, 0.717) is 6.54 Å². The Labute approximate surface area is 80.5 Å². The van der Waals surface area contributed by atoms with Gasteiger partial charge in [0.1, 0.15) is 6.33 Å². The fraction of sp³-hybridized carbons (Fsp3) is 0.714. The van der Waals surface area contributed by atoms with Crippen molar-refractivity contribution in [1.29, 1.82) is 0 Å². The number of thioether (sulfide) groups is 1. The first kappa shape index (κ1) is 8.98. The second-order valence-corrected chi connectivity index (χ2v) is 4.31. The fourth-order valence-electron chi connectivity index (χ4n) is 1.28. The van der Waals surface area contributed by atoms with E-state index in [2.05, 4.69) is 15.5 Å². The van der Waals surface area contributed by atoms with Crippen LogP contribution >= 0.6 is 11.8 Å². The van der Waals surface area contributed by atoms with Crippen LogP contribution in [0.5, 0.6) is 0 Å². The van der Waals surface area contributed by atoms with Crippen molar-refractivity contribution in [1.82, 2.24) is 20.1 Å². The lowest BCUT2D eigenvalue weighted by Crippen LogP contribution is -2.20. The summed E-state index contributed by atoms with van der Waals surface area (Å²) in [6, 6.07) is 0. The van der Waals surface area contributed by atoms with Crippen molar-refractivity contribution < 1.29 is 5.11 Å². The van der Waals surface area contributed by atoms with Gasteiger partial charge in [0.05, 0.1) is 11.4 Å². The molecule has 2 N–H and O–H groups in total. The van der Waals surface area contributed by atoms with Crippen LogP contribution in [-0.4, -0.2) is 44.3 Å². The van der Waals surface area contributed by atoms with Crippen molar-refractivity contribution in [3.05, 3.63) is 6.33 Å². The van der Waals surface area contributed by atoms with Crippen LogP contribution in [0.2, 0.25) is 0 Å². The minimum Gasteiger partial charge on any atom is -0.391 e. The molecule has 2 atom stereocenters. The van der Waals surface area contributed by atoms with Gasteiger partial charge in [-0.15, -0.1) is 10.2 Å². The van der Waals surface area contributed by atoms with E-state index in [9.17, 15) is 5.11 Å². The number of hydrogen-bond donors (Lipinski definition) is 2. The maximum absolute atomic E-state index is 9.54. The lowest BCUT2D eigenvalue weighted by atomic mass is 10.3. The van der Waals surface area contributed by atoms with E-state index in [0.717, 1.165) is 11.7 Å². The Hall–Kier alpha value is -0.590. The Morgan fingerprint density at radius 2 is 2.54 bits per heavy atom. The lowest BCUT2D eigenvalue weighted by Gasteiger charge is -2.10. The van der Waals surface area contributed by atoms with E-state index in [-0.39, 0.29) is 11.4 Å². The third-order valence-corrected chi connectivity index (χ3v) is 3.42. The van der Waals surface area contributed by atoms with E-state index in [1.807, 2.05) is 11.6 Å².